The van der Waals surface area contributed by atoms with Crippen LogP contribution >= 0.6 is 0 Å². The molecule has 28 heavy (non-hydrogen) atoms. The van der Waals surface area contributed by atoms with E-state index in [1.54, 1.807) is 0 Å². The summed E-state index contributed by atoms with van der Waals surface area (Å²) in [6.07, 6.45) is 1.14. The average Bonchev–Trinajstić information content (AvgIpc) is 2.72. The van der Waals surface area contributed by atoms with Crippen molar-refractivity contribution < 1.29 is 4.74 Å². The summed E-state index contributed by atoms with van der Waals surface area (Å²) in [5.74, 6) is 2.03. The van der Waals surface area contributed by atoms with Gasteiger partial charge in [-0.3, -0.25) is 0 Å². The van der Waals surface area contributed by atoms with E-state index in [2.05, 4.69) is 74.6 Å². The fourth-order valence-electron chi connectivity index (χ4n) is 3.28. The maximum Gasteiger partial charge on any atom is 0.121 e. The highest BCUT2D eigenvalue weighted by molar-refractivity contribution is 5.48. The van der Waals surface area contributed by atoms with Gasteiger partial charge in [0.25, 0.3) is 0 Å². The van der Waals surface area contributed by atoms with Gasteiger partial charge in [0.15, 0.2) is 0 Å². The van der Waals surface area contributed by atoms with Crippen LogP contribution in [0.5, 0.6) is 5.75 Å². The van der Waals surface area contributed by atoms with Crippen molar-refractivity contribution in [2.45, 2.75) is 39.7 Å². The summed E-state index contributed by atoms with van der Waals surface area (Å²) in [5, 5.41) is 3.55. The molecule has 0 amide bonds. The van der Waals surface area contributed by atoms with E-state index < -0.39 is 0 Å². The predicted molar refractivity (Wildman–Crippen MR) is 119 cm³/mol. The molecule has 0 saturated carbocycles. The highest BCUT2D eigenvalue weighted by atomic mass is 16.5. The summed E-state index contributed by atoms with van der Waals surface area (Å²) < 4.78 is 5.93. The van der Waals surface area contributed by atoms with E-state index in [0.717, 1.165) is 24.4 Å². The Morgan fingerprint density at radius 2 is 1.54 bits per heavy atom. The second kappa shape index (κ2) is 9.98. The third-order valence-electron chi connectivity index (χ3n) is 4.89. The first-order chi connectivity index (χ1) is 13.6. The van der Waals surface area contributed by atoms with Crippen molar-refractivity contribution in [1.29, 1.82) is 0 Å². The van der Waals surface area contributed by atoms with Gasteiger partial charge in [0.2, 0.25) is 0 Å². The molecule has 146 valence electrons. The Morgan fingerprint density at radius 3 is 2.25 bits per heavy atom. The van der Waals surface area contributed by atoms with E-state index >= 15 is 0 Å². The standard InChI is InChI=1S/C26H31NO/c1-20(2)16-22-12-14-24(15-13-22)21(3)18-27-25-10-7-11-26(17-25)28-19-23-8-5-4-6-9-23/h4-15,17,20-21,27H,16,18-19H2,1-3H3. The van der Waals surface area contributed by atoms with Gasteiger partial charge < -0.3 is 10.1 Å². The summed E-state index contributed by atoms with van der Waals surface area (Å²) in [5.41, 5.74) is 5.06. The Bertz CT molecular complexity index is 840. The third-order valence-corrected chi connectivity index (χ3v) is 4.89. The van der Waals surface area contributed by atoms with E-state index in [4.69, 9.17) is 4.74 Å². The molecule has 0 bridgehead atoms. The summed E-state index contributed by atoms with van der Waals surface area (Å²) in [7, 11) is 0. The van der Waals surface area contributed by atoms with Gasteiger partial charge in [-0.2, -0.15) is 0 Å². The molecule has 0 aliphatic carbocycles. The zero-order valence-electron chi connectivity index (χ0n) is 17.2. The summed E-state index contributed by atoms with van der Waals surface area (Å²) in [6, 6.07) is 27.5. The number of hydrogen-bond donors (Lipinski definition) is 1. The highest BCUT2D eigenvalue weighted by Crippen LogP contribution is 2.22. The predicted octanol–water partition coefficient (Wildman–Crippen LogP) is 6.68. The van der Waals surface area contributed by atoms with Gasteiger partial charge in [-0.05, 0) is 47.1 Å². The van der Waals surface area contributed by atoms with Crippen molar-refractivity contribution in [2.24, 2.45) is 5.92 Å². The van der Waals surface area contributed by atoms with Gasteiger partial charge in [0.05, 0.1) is 0 Å². The van der Waals surface area contributed by atoms with Crippen molar-refractivity contribution in [3.63, 3.8) is 0 Å². The van der Waals surface area contributed by atoms with Crippen LogP contribution in [0.2, 0.25) is 0 Å². The molecule has 0 radical (unpaired) electrons. The minimum absolute atomic E-state index is 0.446. The van der Waals surface area contributed by atoms with Gasteiger partial charge in [-0.25, -0.2) is 0 Å². The van der Waals surface area contributed by atoms with Crippen LogP contribution in [0, 0.1) is 5.92 Å². The third kappa shape index (κ3) is 6.16. The van der Waals surface area contributed by atoms with E-state index in [1.165, 1.54) is 16.7 Å². The number of hydrogen-bond acceptors (Lipinski definition) is 2. The lowest BCUT2D eigenvalue weighted by atomic mass is 9.97. The molecule has 1 atom stereocenters. The van der Waals surface area contributed by atoms with Crippen molar-refractivity contribution in [2.75, 3.05) is 11.9 Å². The summed E-state index contributed by atoms with van der Waals surface area (Å²) in [6.45, 7) is 8.27. The molecular formula is C26H31NO. The van der Waals surface area contributed by atoms with Crippen LogP contribution in [0.3, 0.4) is 0 Å². The number of nitrogens with one attached hydrogen (secondary N) is 1. The van der Waals surface area contributed by atoms with Crippen LogP contribution in [0.25, 0.3) is 0 Å². The number of rotatable bonds is 9. The van der Waals surface area contributed by atoms with Crippen LogP contribution in [0.4, 0.5) is 5.69 Å². The molecule has 0 fully saturated rings. The largest absolute Gasteiger partial charge is 0.489 e. The minimum atomic E-state index is 0.446. The second-order valence-electron chi connectivity index (χ2n) is 7.92. The minimum Gasteiger partial charge on any atom is -0.489 e. The molecule has 0 heterocycles. The molecule has 3 rings (SSSR count). The molecule has 2 nitrogen and oxygen atoms in total. The van der Waals surface area contributed by atoms with E-state index in [9.17, 15) is 0 Å². The number of benzene rings is 3. The fourth-order valence-corrected chi connectivity index (χ4v) is 3.28. The Morgan fingerprint density at radius 1 is 0.786 bits per heavy atom. The van der Waals surface area contributed by atoms with E-state index in [0.29, 0.717) is 18.4 Å². The Hall–Kier alpha value is -2.74. The molecule has 0 spiro atoms. The Labute approximate surface area is 169 Å². The van der Waals surface area contributed by atoms with Gasteiger partial charge in [0.1, 0.15) is 12.4 Å². The zero-order valence-corrected chi connectivity index (χ0v) is 17.2. The van der Waals surface area contributed by atoms with Crippen molar-refractivity contribution in [3.05, 3.63) is 95.6 Å². The molecular weight excluding hydrogens is 342 g/mol. The quantitative estimate of drug-likeness (QED) is 0.452. The lowest BCUT2D eigenvalue weighted by molar-refractivity contribution is 0.306. The molecule has 0 aliphatic heterocycles. The molecule has 0 saturated heterocycles. The second-order valence-corrected chi connectivity index (χ2v) is 7.92. The normalized spacial score (nSPS) is 12.0. The fraction of sp³-hybridized carbons (Fsp3) is 0.308. The van der Waals surface area contributed by atoms with Crippen LogP contribution < -0.4 is 10.1 Å². The maximum absolute atomic E-state index is 5.93. The monoisotopic (exact) mass is 373 g/mol. The average molecular weight is 374 g/mol. The first-order valence-electron chi connectivity index (χ1n) is 10.2. The van der Waals surface area contributed by atoms with Crippen LogP contribution in [0.1, 0.15) is 43.4 Å². The topological polar surface area (TPSA) is 21.3 Å². The molecule has 1 unspecified atom stereocenters. The smallest absolute Gasteiger partial charge is 0.121 e. The van der Waals surface area contributed by atoms with Gasteiger partial charge in [-0.15, -0.1) is 0 Å². The SMILES string of the molecule is CC(C)Cc1ccc(C(C)CNc2cccc(OCc3ccccc3)c2)cc1. The molecule has 3 aromatic carbocycles. The number of anilines is 1. The Balaban J connectivity index is 1.52. The summed E-state index contributed by atoms with van der Waals surface area (Å²) in [4.78, 5) is 0. The molecule has 3 aromatic rings. The lowest BCUT2D eigenvalue weighted by Gasteiger charge is -2.16. The summed E-state index contributed by atoms with van der Waals surface area (Å²) >= 11 is 0. The van der Waals surface area contributed by atoms with Crippen molar-refractivity contribution >= 4 is 5.69 Å². The van der Waals surface area contributed by atoms with Gasteiger partial charge in [-0.1, -0.05) is 81.4 Å². The van der Waals surface area contributed by atoms with Crippen molar-refractivity contribution in [1.82, 2.24) is 0 Å². The molecule has 0 aliphatic rings. The van der Waals surface area contributed by atoms with Crippen LogP contribution in [0.15, 0.2) is 78.9 Å². The van der Waals surface area contributed by atoms with Gasteiger partial charge >= 0.3 is 0 Å². The van der Waals surface area contributed by atoms with E-state index in [1.807, 2.05) is 30.3 Å². The van der Waals surface area contributed by atoms with Crippen LogP contribution in [-0.4, -0.2) is 6.54 Å². The van der Waals surface area contributed by atoms with E-state index in [-0.39, 0.29) is 0 Å². The molecule has 0 aromatic heterocycles. The first kappa shape index (κ1) is 20.0. The van der Waals surface area contributed by atoms with Crippen LogP contribution in [-0.2, 0) is 13.0 Å². The Kier molecular flexibility index (Phi) is 7.13. The van der Waals surface area contributed by atoms with Crippen molar-refractivity contribution in [3.8, 4) is 5.75 Å². The first-order valence-corrected chi connectivity index (χ1v) is 10.2. The van der Waals surface area contributed by atoms with Gasteiger partial charge in [0, 0.05) is 18.3 Å². The lowest BCUT2D eigenvalue weighted by Crippen LogP contribution is -2.10. The molecule has 1 N–H and O–H groups in total. The molecule has 2 heteroatoms. The highest BCUT2D eigenvalue weighted by Gasteiger charge is 2.07. The zero-order chi connectivity index (χ0) is 19.8. The number of ether oxygens (including phenoxy) is 1. The maximum atomic E-state index is 5.93.